The number of amides is 1. The van der Waals surface area contributed by atoms with Gasteiger partial charge in [0.25, 0.3) is 0 Å². The standard InChI is InChI=1S/C16H28N4O2/c1-12(2)10-14-17-15(22-18-14)11-20(4)16(21)13-8-6-5-7-9-19(13)3/h12-13H,5-11H2,1-4H3/t13-/m1/s1. The van der Waals surface area contributed by atoms with Crippen LogP contribution in [0.25, 0.3) is 0 Å². The molecule has 22 heavy (non-hydrogen) atoms. The van der Waals surface area contributed by atoms with Gasteiger partial charge in [-0.3, -0.25) is 9.69 Å². The Bertz CT molecular complexity index is 486. The second-order valence-electron chi connectivity index (χ2n) is 6.74. The monoisotopic (exact) mass is 308 g/mol. The number of hydrogen-bond acceptors (Lipinski definition) is 5. The molecule has 1 aromatic rings. The van der Waals surface area contributed by atoms with Gasteiger partial charge in [0, 0.05) is 13.5 Å². The molecule has 1 saturated heterocycles. The third kappa shape index (κ3) is 4.53. The van der Waals surface area contributed by atoms with Gasteiger partial charge in [-0.05, 0) is 32.4 Å². The predicted octanol–water partition coefficient (Wildman–Crippen LogP) is 2.10. The average molecular weight is 308 g/mol. The number of hydrogen-bond donors (Lipinski definition) is 0. The molecular weight excluding hydrogens is 280 g/mol. The van der Waals surface area contributed by atoms with Crippen LogP contribution in [-0.4, -0.2) is 52.5 Å². The van der Waals surface area contributed by atoms with Gasteiger partial charge in [-0.15, -0.1) is 0 Å². The summed E-state index contributed by atoms with van der Waals surface area (Å²) in [7, 11) is 3.85. The summed E-state index contributed by atoms with van der Waals surface area (Å²) >= 11 is 0. The van der Waals surface area contributed by atoms with E-state index in [9.17, 15) is 4.79 Å². The minimum atomic E-state index is -0.0226. The highest BCUT2D eigenvalue weighted by Crippen LogP contribution is 2.17. The summed E-state index contributed by atoms with van der Waals surface area (Å²) < 4.78 is 5.26. The molecular formula is C16H28N4O2. The molecule has 0 unspecified atom stereocenters. The van der Waals surface area contributed by atoms with Crippen molar-refractivity contribution >= 4 is 5.91 Å². The smallest absolute Gasteiger partial charge is 0.246 e. The lowest BCUT2D eigenvalue weighted by Gasteiger charge is -2.28. The molecule has 0 radical (unpaired) electrons. The Morgan fingerprint density at radius 1 is 1.41 bits per heavy atom. The molecule has 0 aromatic carbocycles. The fraction of sp³-hybridized carbons (Fsp3) is 0.812. The van der Waals surface area contributed by atoms with Crippen LogP contribution in [0.5, 0.6) is 0 Å². The lowest BCUT2D eigenvalue weighted by Crippen LogP contribution is -2.45. The van der Waals surface area contributed by atoms with Crippen LogP contribution < -0.4 is 0 Å². The van der Waals surface area contributed by atoms with E-state index in [0.717, 1.165) is 31.6 Å². The van der Waals surface area contributed by atoms with Crippen molar-refractivity contribution in [1.29, 1.82) is 0 Å². The van der Waals surface area contributed by atoms with Crippen molar-refractivity contribution in [3.8, 4) is 0 Å². The summed E-state index contributed by atoms with van der Waals surface area (Å²) in [6.45, 7) is 5.61. The van der Waals surface area contributed by atoms with Crippen LogP contribution in [0, 0.1) is 5.92 Å². The minimum Gasteiger partial charge on any atom is -0.337 e. The van der Waals surface area contributed by atoms with Gasteiger partial charge in [0.05, 0.1) is 12.6 Å². The molecule has 1 aromatic heterocycles. The first-order chi connectivity index (χ1) is 10.5. The second-order valence-corrected chi connectivity index (χ2v) is 6.74. The molecule has 2 heterocycles. The molecule has 1 aliphatic heterocycles. The maximum atomic E-state index is 12.6. The van der Waals surface area contributed by atoms with Gasteiger partial charge >= 0.3 is 0 Å². The van der Waals surface area contributed by atoms with Crippen molar-refractivity contribution in [2.24, 2.45) is 5.92 Å². The molecule has 2 rings (SSSR count). The maximum absolute atomic E-state index is 12.6. The summed E-state index contributed by atoms with van der Waals surface area (Å²) in [4.78, 5) is 20.9. The van der Waals surface area contributed by atoms with Crippen LogP contribution in [0.2, 0.25) is 0 Å². The topological polar surface area (TPSA) is 62.5 Å². The average Bonchev–Trinajstić information content (AvgIpc) is 2.76. The maximum Gasteiger partial charge on any atom is 0.246 e. The van der Waals surface area contributed by atoms with E-state index >= 15 is 0 Å². The number of likely N-dealkylation sites (tertiary alicyclic amines) is 1. The molecule has 1 amide bonds. The molecule has 1 aliphatic rings. The van der Waals surface area contributed by atoms with Crippen molar-refractivity contribution < 1.29 is 9.32 Å². The molecule has 1 atom stereocenters. The zero-order valence-corrected chi connectivity index (χ0v) is 14.2. The van der Waals surface area contributed by atoms with Gasteiger partial charge in [-0.2, -0.15) is 4.98 Å². The Hall–Kier alpha value is -1.43. The fourth-order valence-corrected chi connectivity index (χ4v) is 2.90. The molecule has 0 N–H and O–H groups in total. The van der Waals surface area contributed by atoms with Gasteiger partial charge in [0.1, 0.15) is 0 Å². The van der Waals surface area contributed by atoms with Crippen LogP contribution in [-0.2, 0) is 17.8 Å². The van der Waals surface area contributed by atoms with Crippen LogP contribution in [0.15, 0.2) is 4.52 Å². The summed E-state index contributed by atoms with van der Waals surface area (Å²) in [5.41, 5.74) is 0. The molecule has 0 aliphatic carbocycles. The number of aromatic nitrogens is 2. The van der Waals surface area contributed by atoms with Crippen LogP contribution in [0.4, 0.5) is 0 Å². The summed E-state index contributed by atoms with van der Waals surface area (Å²) in [6.07, 6.45) is 5.23. The number of carbonyl (C=O) groups excluding carboxylic acids is 1. The largest absolute Gasteiger partial charge is 0.337 e. The Morgan fingerprint density at radius 2 is 2.18 bits per heavy atom. The predicted molar refractivity (Wildman–Crippen MR) is 84.2 cm³/mol. The van der Waals surface area contributed by atoms with E-state index in [1.54, 1.807) is 4.90 Å². The quantitative estimate of drug-likeness (QED) is 0.833. The van der Waals surface area contributed by atoms with E-state index < -0.39 is 0 Å². The normalized spacial score (nSPS) is 20.1. The van der Waals surface area contributed by atoms with Crippen molar-refractivity contribution in [3.05, 3.63) is 11.7 Å². The van der Waals surface area contributed by atoms with E-state index in [0.29, 0.717) is 18.4 Å². The first kappa shape index (κ1) is 16.9. The van der Waals surface area contributed by atoms with E-state index in [1.165, 1.54) is 12.8 Å². The van der Waals surface area contributed by atoms with Crippen LogP contribution in [0.1, 0.15) is 51.2 Å². The van der Waals surface area contributed by atoms with Crippen molar-refractivity contribution in [3.63, 3.8) is 0 Å². The molecule has 1 fully saturated rings. The number of carbonyl (C=O) groups is 1. The Morgan fingerprint density at radius 3 is 2.91 bits per heavy atom. The molecule has 124 valence electrons. The molecule has 6 nitrogen and oxygen atoms in total. The summed E-state index contributed by atoms with van der Waals surface area (Å²) in [6, 6.07) is -0.0226. The third-order valence-electron chi connectivity index (χ3n) is 4.16. The third-order valence-corrected chi connectivity index (χ3v) is 4.16. The highest BCUT2D eigenvalue weighted by atomic mass is 16.5. The molecule has 0 bridgehead atoms. The van der Waals surface area contributed by atoms with Gasteiger partial charge in [0.15, 0.2) is 5.82 Å². The Kier molecular flexibility index (Phi) is 5.94. The van der Waals surface area contributed by atoms with Crippen molar-refractivity contribution in [1.82, 2.24) is 19.9 Å². The SMILES string of the molecule is CC(C)Cc1noc(CN(C)C(=O)[C@H]2CCCCCN2C)n1. The first-order valence-electron chi connectivity index (χ1n) is 8.24. The lowest BCUT2D eigenvalue weighted by atomic mass is 10.1. The van der Waals surface area contributed by atoms with Gasteiger partial charge in [-0.25, -0.2) is 0 Å². The van der Waals surface area contributed by atoms with E-state index in [-0.39, 0.29) is 11.9 Å². The van der Waals surface area contributed by atoms with Gasteiger partial charge in [0.2, 0.25) is 11.8 Å². The summed E-state index contributed by atoms with van der Waals surface area (Å²) in [5, 5.41) is 3.98. The minimum absolute atomic E-state index is 0.0226. The van der Waals surface area contributed by atoms with Crippen LogP contribution >= 0.6 is 0 Å². The van der Waals surface area contributed by atoms with Gasteiger partial charge < -0.3 is 9.42 Å². The number of rotatable bonds is 5. The van der Waals surface area contributed by atoms with E-state index in [1.807, 2.05) is 14.1 Å². The zero-order valence-electron chi connectivity index (χ0n) is 14.2. The Balaban J connectivity index is 1.94. The highest BCUT2D eigenvalue weighted by Gasteiger charge is 2.28. The van der Waals surface area contributed by atoms with Gasteiger partial charge in [-0.1, -0.05) is 31.8 Å². The second kappa shape index (κ2) is 7.72. The lowest BCUT2D eigenvalue weighted by molar-refractivity contribution is -0.136. The first-order valence-corrected chi connectivity index (χ1v) is 8.24. The van der Waals surface area contributed by atoms with Crippen molar-refractivity contribution in [2.45, 2.75) is 58.5 Å². The summed E-state index contributed by atoms with van der Waals surface area (Å²) in [5.74, 6) is 1.87. The Labute approximate surface area is 132 Å². The zero-order chi connectivity index (χ0) is 16.1. The van der Waals surface area contributed by atoms with E-state index in [4.69, 9.17) is 4.52 Å². The van der Waals surface area contributed by atoms with Crippen LogP contribution in [0.3, 0.4) is 0 Å². The van der Waals surface area contributed by atoms with E-state index in [2.05, 4.69) is 28.9 Å². The fourth-order valence-electron chi connectivity index (χ4n) is 2.90. The van der Waals surface area contributed by atoms with Crippen molar-refractivity contribution in [2.75, 3.05) is 20.6 Å². The number of nitrogens with zero attached hydrogens (tertiary/aromatic N) is 4. The molecule has 0 saturated carbocycles. The molecule has 0 spiro atoms. The molecule has 6 heteroatoms. The number of likely N-dealkylation sites (N-methyl/N-ethyl adjacent to an activating group) is 2. The highest BCUT2D eigenvalue weighted by molar-refractivity contribution is 5.81.